The molecule has 3 aromatic rings. The molecule has 4 rings (SSSR count). The smallest absolute Gasteiger partial charge is 0.281 e. The van der Waals surface area contributed by atoms with Crippen LogP contribution in [0.15, 0.2) is 36.5 Å². The first kappa shape index (κ1) is 17.6. The minimum atomic E-state index is -0.369. The molecule has 0 radical (unpaired) electrons. The fourth-order valence-electron chi connectivity index (χ4n) is 2.84. The number of rotatable bonds is 3. The third kappa shape index (κ3) is 3.28. The van der Waals surface area contributed by atoms with Crippen molar-refractivity contribution >= 4 is 60.7 Å². The predicted molar refractivity (Wildman–Crippen MR) is 108 cm³/mol. The maximum absolute atomic E-state index is 14.3. The summed E-state index contributed by atoms with van der Waals surface area (Å²) in [5, 5.41) is 5.75. The summed E-state index contributed by atoms with van der Waals surface area (Å²) in [5.41, 5.74) is 0.784. The minimum absolute atomic E-state index is 0.00651. The highest BCUT2D eigenvalue weighted by Gasteiger charge is 2.30. The predicted octanol–water partition coefficient (Wildman–Crippen LogP) is 4.95. The number of pyridine rings is 1. The Hall–Kier alpha value is -1.78. The van der Waals surface area contributed by atoms with Crippen molar-refractivity contribution in [3.8, 4) is 0 Å². The average Bonchev–Trinajstić information content (AvgIpc) is 3.20. The van der Waals surface area contributed by atoms with Crippen molar-refractivity contribution in [2.24, 2.45) is 0 Å². The van der Waals surface area contributed by atoms with Crippen LogP contribution in [0.4, 0.5) is 15.1 Å². The highest BCUT2D eigenvalue weighted by Crippen LogP contribution is 2.38. The molecule has 0 bridgehead atoms. The van der Waals surface area contributed by atoms with Gasteiger partial charge in [0.15, 0.2) is 0 Å². The number of nitrogens with one attached hydrogen (secondary N) is 1. The first-order chi connectivity index (χ1) is 12.5. The number of nitrogens with zero attached hydrogens (tertiary/aromatic N) is 2. The van der Waals surface area contributed by atoms with Gasteiger partial charge in [-0.05, 0) is 66.3 Å². The number of hydrogen-bond acceptors (Lipinski definition) is 5. The minimum Gasteiger partial charge on any atom is -0.344 e. The molecule has 1 aliphatic rings. The van der Waals surface area contributed by atoms with Crippen LogP contribution in [0.25, 0.3) is 10.2 Å². The van der Waals surface area contributed by atoms with Crippen LogP contribution in [-0.2, 0) is 4.84 Å². The molecule has 8 heteroatoms. The molecule has 26 heavy (non-hydrogen) atoms. The van der Waals surface area contributed by atoms with Gasteiger partial charge in [-0.25, -0.2) is 14.4 Å². The van der Waals surface area contributed by atoms with Crippen LogP contribution in [0.2, 0.25) is 0 Å². The summed E-state index contributed by atoms with van der Waals surface area (Å²) in [6, 6.07) is 8.55. The second kappa shape index (κ2) is 7.09. The summed E-state index contributed by atoms with van der Waals surface area (Å²) in [6.45, 7) is 2.47. The molecule has 0 saturated carbocycles. The van der Waals surface area contributed by atoms with Gasteiger partial charge in [0.1, 0.15) is 15.6 Å². The largest absolute Gasteiger partial charge is 0.344 e. The number of carbonyl (C=O) groups excluding carboxylic acids is 1. The number of fused-ring (bicyclic) bond motifs is 1. The molecule has 2 aromatic heterocycles. The number of thiophene rings is 1. The Morgan fingerprint density at radius 2 is 2.31 bits per heavy atom. The Balaban J connectivity index is 1.77. The van der Waals surface area contributed by atoms with E-state index in [-0.39, 0.29) is 17.8 Å². The summed E-state index contributed by atoms with van der Waals surface area (Å²) < 4.78 is 15.1. The fraction of sp³-hybridized carbons (Fsp3) is 0.222. The van der Waals surface area contributed by atoms with Crippen molar-refractivity contribution in [3.63, 3.8) is 0 Å². The lowest BCUT2D eigenvalue weighted by Gasteiger charge is -2.16. The molecule has 134 valence electrons. The molecule has 1 aliphatic heterocycles. The van der Waals surface area contributed by atoms with E-state index in [9.17, 15) is 9.18 Å². The van der Waals surface area contributed by atoms with E-state index in [1.54, 1.807) is 18.3 Å². The monoisotopic (exact) mass is 483 g/mol. The van der Waals surface area contributed by atoms with Crippen molar-refractivity contribution in [3.05, 3.63) is 51.5 Å². The third-order valence-electron chi connectivity index (χ3n) is 4.13. The number of anilines is 2. The molecule has 1 atom stereocenters. The average molecular weight is 483 g/mol. The van der Waals surface area contributed by atoms with Crippen LogP contribution >= 0.6 is 33.9 Å². The fourth-order valence-corrected chi connectivity index (χ4v) is 4.34. The van der Waals surface area contributed by atoms with Gasteiger partial charge in [-0.15, -0.1) is 0 Å². The number of aromatic nitrogens is 1. The van der Waals surface area contributed by atoms with Gasteiger partial charge in [0.25, 0.3) is 5.91 Å². The van der Waals surface area contributed by atoms with E-state index in [0.29, 0.717) is 22.8 Å². The Bertz CT molecular complexity index is 994. The topological polar surface area (TPSA) is 54.5 Å². The number of amides is 1. The van der Waals surface area contributed by atoms with E-state index < -0.39 is 0 Å². The molecule has 1 N–H and O–H groups in total. The molecule has 0 spiro atoms. The Morgan fingerprint density at radius 1 is 1.46 bits per heavy atom. The Kier molecular flexibility index (Phi) is 4.80. The highest BCUT2D eigenvalue weighted by molar-refractivity contribution is 14.1. The maximum Gasteiger partial charge on any atom is 0.281 e. The van der Waals surface area contributed by atoms with Crippen LogP contribution in [0, 0.1) is 9.39 Å². The molecule has 1 amide bonds. The van der Waals surface area contributed by atoms with E-state index in [1.807, 2.05) is 19.1 Å². The zero-order valence-electron chi connectivity index (χ0n) is 13.8. The third-order valence-corrected chi connectivity index (χ3v) is 5.83. The normalized spacial score (nSPS) is 17.0. The first-order valence-corrected chi connectivity index (χ1v) is 10.0. The standard InChI is InChI=1S/C18H15FIN3O2S/c1-10-6-8-23(25-10)18(24)15-12-3-2-7-21-16(12)26-17(15)22-14-5-4-11(20)9-13(14)19/h2-5,7,9-10,22H,6,8H2,1H3. The summed E-state index contributed by atoms with van der Waals surface area (Å²) in [6.07, 6.45) is 2.48. The summed E-state index contributed by atoms with van der Waals surface area (Å²) in [5.74, 6) is -0.603. The highest BCUT2D eigenvalue weighted by atomic mass is 127. The van der Waals surface area contributed by atoms with E-state index >= 15 is 0 Å². The number of hydrogen-bond donors (Lipinski definition) is 1. The van der Waals surface area contributed by atoms with Gasteiger partial charge >= 0.3 is 0 Å². The number of carbonyl (C=O) groups is 1. The Morgan fingerprint density at radius 3 is 3.04 bits per heavy atom. The van der Waals surface area contributed by atoms with Gasteiger partial charge in [0.05, 0.1) is 23.9 Å². The lowest BCUT2D eigenvalue weighted by molar-refractivity contribution is -0.106. The van der Waals surface area contributed by atoms with Crippen LogP contribution in [0.3, 0.4) is 0 Å². The SMILES string of the molecule is CC1CCN(C(=O)c2c(Nc3ccc(I)cc3F)sc3ncccc23)O1. The second-order valence-electron chi connectivity index (χ2n) is 6.02. The lowest BCUT2D eigenvalue weighted by atomic mass is 10.2. The number of halogens is 2. The van der Waals surface area contributed by atoms with Crippen LogP contribution in [-0.4, -0.2) is 28.6 Å². The van der Waals surface area contributed by atoms with Crippen molar-refractivity contribution < 1.29 is 14.0 Å². The van der Waals surface area contributed by atoms with Crippen molar-refractivity contribution in [1.82, 2.24) is 10.0 Å². The lowest BCUT2D eigenvalue weighted by Crippen LogP contribution is -2.27. The summed E-state index contributed by atoms with van der Waals surface area (Å²) in [7, 11) is 0. The van der Waals surface area contributed by atoms with Gasteiger partial charge in [-0.2, -0.15) is 0 Å². The van der Waals surface area contributed by atoms with Gasteiger partial charge < -0.3 is 5.32 Å². The second-order valence-corrected chi connectivity index (χ2v) is 8.27. The summed E-state index contributed by atoms with van der Waals surface area (Å²) in [4.78, 5) is 23.7. The first-order valence-electron chi connectivity index (χ1n) is 8.11. The quantitative estimate of drug-likeness (QED) is 0.536. The molecule has 0 aliphatic carbocycles. The molecule has 1 saturated heterocycles. The molecular formula is C18H15FIN3O2S. The van der Waals surface area contributed by atoms with Crippen molar-refractivity contribution in [2.75, 3.05) is 11.9 Å². The van der Waals surface area contributed by atoms with Gasteiger partial charge in [-0.3, -0.25) is 9.63 Å². The van der Waals surface area contributed by atoms with Crippen molar-refractivity contribution in [1.29, 1.82) is 0 Å². The van der Waals surface area contributed by atoms with Gasteiger partial charge in [-0.1, -0.05) is 11.3 Å². The zero-order valence-corrected chi connectivity index (χ0v) is 16.8. The molecule has 5 nitrogen and oxygen atoms in total. The molecule has 1 aromatic carbocycles. The van der Waals surface area contributed by atoms with Crippen molar-refractivity contribution in [2.45, 2.75) is 19.4 Å². The number of benzene rings is 1. The Labute approximate surface area is 167 Å². The van der Waals surface area contributed by atoms with E-state index in [2.05, 4.69) is 32.9 Å². The van der Waals surface area contributed by atoms with E-state index in [1.165, 1.54) is 22.5 Å². The molecule has 3 heterocycles. The van der Waals surface area contributed by atoms with Gasteiger partial charge in [0.2, 0.25) is 0 Å². The van der Waals surface area contributed by atoms with Crippen LogP contribution < -0.4 is 5.32 Å². The molecule has 1 fully saturated rings. The maximum atomic E-state index is 14.3. The molecular weight excluding hydrogens is 468 g/mol. The van der Waals surface area contributed by atoms with E-state index in [4.69, 9.17) is 4.84 Å². The zero-order chi connectivity index (χ0) is 18.3. The van der Waals surface area contributed by atoms with Gasteiger partial charge in [0, 0.05) is 15.2 Å². The van der Waals surface area contributed by atoms with Crippen LogP contribution in [0.1, 0.15) is 23.7 Å². The van der Waals surface area contributed by atoms with Crippen LogP contribution in [0.5, 0.6) is 0 Å². The number of hydroxylamine groups is 2. The summed E-state index contributed by atoms with van der Waals surface area (Å²) >= 11 is 3.38. The molecule has 1 unspecified atom stereocenters. The van der Waals surface area contributed by atoms with E-state index in [0.717, 1.165) is 20.2 Å².